The van der Waals surface area contributed by atoms with E-state index in [1.807, 2.05) is 13.8 Å². The van der Waals surface area contributed by atoms with Crippen LogP contribution in [0, 0.1) is 0 Å². The number of nitrogens with zero attached hydrogens (tertiary/aromatic N) is 2. The van der Waals surface area contributed by atoms with Crippen LogP contribution in [0.1, 0.15) is 19.5 Å². The topological polar surface area (TPSA) is 95.3 Å². The molecule has 9 nitrogen and oxygen atoms in total. The van der Waals surface area contributed by atoms with Gasteiger partial charge in [-0.15, -0.1) is 0 Å². The molecular weight excluding hydrogens is 378 g/mol. The van der Waals surface area contributed by atoms with Crippen LogP contribution in [-0.4, -0.2) is 63.7 Å². The molecule has 0 unspecified atom stereocenters. The molecule has 1 heterocycles. The van der Waals surface area contributed by atoms with Crippen molar-refractivity contribution in [1.82, 2.24) is 15.4 Å². The summed E-state index contributed by atoms with van der Waals surface area (Å²) in [5.74, 6) is 2.04. The highest BCUT2D eigenvalue weighted by atomic mass is 16.5. The van der Waals surface area contributed by atoms with E-state index in [2.05, 4.69) is 10.5 Å². The third-order valence-electron chi connectivity index (χ3n) is 4.13. The normalized spacial score (nSPS) is 10.7. The van der Waals surface area contributed by atoms with Gasteiger partial charge in [-0.25, -0.2) is 4.79 Å². The van der Waals surface area contributed by atoms with Crippen LogP contribution in [0.5, 0.6) is 17.2 Å². The van der Waals surface area contributed by atoms with Crippen LogP contribution in [-0.2, 0) is 11.3 Å². The largest absolute Gasteiger partial charge is 0.493 e. The predicted molar refractivity (Wildman–Crippen MR) is 108 cm³/mol. The van der Waals surface area contributed by atoms with E-state index in [-0.39, 0.29) is 18.6 Å². The van der Waals surface area contributed by atoms with Gasteiger partial charge in [-0.3, -0.25) is 0 Å². The Kier molecular flexibility index (Phi) is 8.14. The second-order valence-electron chi connectivity index (χ2n) is 6.62. The summed E-state index contributed by atoms with van der Waals surface area (Å²) in [6.45, 7) is 4.95. The average molecular weight is 407 g/mol. The van der Waals surface area contributed by atoms with Crippen molar-refractivity contribution in [3.63, 3.8) is 0 Å². The monoisotopic (exact) mass is 407 g/mol. The molecule has 0 aliphatic carbocycles. The van der Waals surface area contributed by atoms with Gasteiger partial charge >= 0.3 is 6.03 Å². The van der Waals surface area contributed by atoms with Crippen molar-refractivity contribution >= 4 is 6.03 Å². The quantitative estimate of drug-likeness (QED) is 0.647. The van der Waals surface area contributed by atoms with E-state index in [9.17, 15) is 4.79 Å². The van der Waals surface area contributed by atoms with Gasteiger partial charge in [0.25, 0.3) is 0 Å². The maximum Gasteiger partial charge on any atom is 0.318 e. The molecule has 2 rings (SSSR count). The highest BCUT2D eigenvalue weighted by Crippen LogP contribution is 2.41. The number of hydrogen-bond donors (Lipinski definition) is 1. The molecule has 29 heavy (non-hydrogen) atoms. The van der Waals surface area contributed by atoms with Gasteiger partial charge in [0.1, 0.15) is 5.69 Å². The fourth-order valence-electron chi connectivity index (χ4n) is 2.73. The van der Waals surface area contributed by atoms with E-state index >= 15 is 0 Å². The summed E-state index contributed by atoms with van der Waals surface area (Å²) >= 11 is 0. The maximum absolute atomic E-state index is 12.4. The van der Waals surface area contributed by atoms with Gasteiger partial charge in [0.2, 0.25) is 5.75 Å². The van der Waals surface area contributed by atoms with Crippen LogP contribution < -0.4 is 19.5 Å². The first-order valence-corrected chi connectivity index (χ1v) is 9.23. The average Bonchev–Trinajstić information content (AvgIpc) is 3.17. The maximum atomic E-state index is 12.4. The van der Waals surface area contributed by atoms with E-state index in [0.717, 1.165) is 0 Å². The van der Waals surface area contributed by atoms with Gasteiger partial charge in [-0.1, -0.05) is 5.16 Å². The van der Waals surface area contributed by atoms with Gasteiger partial charge in [0, 0.05) is 31.3 Å². The number of amides is 2. The molecule has 0 atom stereocenters. The second-order valence-corrected chi connectivity index (χ2v) is 6.62. The summed E-state index contributed by atoms with van der Waals surface area (Å²) in [6.07, 6.45) is 0. The highest BCUT2D eigenvalue weighted by Gasteiger charge is 2.19. The molecule has 0 aliphatic rings. The molecule has 0 saturated carbocycles. The molecule has 1 aromatic heterocycles. The predicted octanol–water partition coefficient (Wildman–Crippen LogP) is 2.93. The number of aromatic nitrogens is 1. The first-order valence-electron chi connectivity index (χ1n) is 9.23. The van der Waals surface area contributed by atoms with Crippen molar-refractivity contribution in [2.24, 2.45) is 0 Å². The number of urea groups is 1. The summed E-state index contributed by atoms with van der Waals surface area (Å²) in [7, 11) is 6.24. The number of carbonyl (C=O) groups excluding carboxylic acids is 1. The third-order valence-corrected chi connectivity index (χ3v) is 4.13. The van der Waals surface area contributed by atoms with E-state index < -0.39 is 0 Å². The number of methoxy groups -OCH3 is 4. The smallest absolute Gasteiger partial charge is 0.318 e. The van der Waals surface area contributed by atoms with Gasteiger partial charge in [0.05, 0.1) is 34.5 Å². The van der Waals surface area contributed by atoms with E-state index in [1.165, 1.54) is 0 Å². The Morgan fingerprint density at radius 3 is 2.28 bits per heavy atom. The summed E-state index contributed by atoms with van der Waals surface area (Å²) in [5, 5.41) is 6.98. The van der Waals surface area contributed by atoms with Crippen LogP contribution in [0.4, 0.5) is 4.79 Å². The fourth-order valence-corrected chi connectivity index (χ4v) is 2.73. The molecule has 2 aromatic rings. The minimum Gasteiger partial charge on any atom is -0.493 e. The Bertz CT molecular complexity index is 780. The molecule has 1 aromatic carbocycles. The first-order chi connectivity index (χ1) is 13.9. The van der Waals surface area contributed by atoms with Gasteiger partial charge < -0.3 is 33.7 Å². The fraction of sp³-hybridized carbons (Fsp3) is 0.500. The molecule has 0 bridgehead atoms. The lowest BCUT2D eigenvalue weighted by Gasteiger charge is -2.23. The van der Waals surface area contributed by atoms with Crippen LogP contribution in [0.15, 0.2) is 22.7 Å². The Morgan fingerprint density at radius 2 is 1.76 bits per heavy atom. The Labute approximate surface area is 170 Å². The summed E-state index contributed by atoms with van der Waals surface area (Å²) in [5.41, 5.74) is 1.33. The first kappa shape index (κ1) is 22.4. The zero-order chi connectivity index (χ0) is 21.4. The van der Waals surface area contributed by atoms with Crippen LogP contribution in [0.25, 0.3) is 11.3 Å². The molecular formula is C20H29N3O6. The van der Waals surface area contributed by atoms with Crippen molar-refractivity contribution in [1.29, 1.82) is 0 Å². The summed E-state index contributed by atoms with van der Waals surface area (Å²) in [4.78, 5) is 14.1. The standard InChI is InChI=1S/C20H29N3O6/c1-13(2)21-20(24)23(7-8-25-3)12-15-11-16(29-22-15)14-9-17(26-4)19(28-6)18(10-14)27-5/h9-11,13H,7-8,12H2,1-6H3,(H,21,24). The van der Waals surface area contributed by atoms with E-state index in [0.29, 0.717) is 47.4 Å². The minimum absolute atomic E-state index is 0.0274. The molecule has 9 heteroatoms. The molecule has 0 aliphatic heterocycles. The molecule has 0 saturated heterocycles. The molecule has 1 N–H and O–H groups in total. The van der Waals surface area contributed by atoms with Crippen LogP contribution >= 0.6 is 0 Å². The van der Waals surface area contributed by atoms with Crippen molar-refractivity contribution in [2.75, 3.05) is 41.6 Å². The lowest BCUT2D eigenvalue weighted by molar-refractivity contribution is 0.144. The molecule has 0 fully saturated rings. The summed E-state index contributed by atoms with van der Waals surface area (Å²) < 4.78 is 26.7. The van der Waals surface area contributed by atoms with Crippen LogP contribution in [0.3, 0.4) is 0 Å². The molecule has 0 radical (unpaired) electrons. The third kappa shape index (κ3) is 5.77. The number of ether oxygens (including phenoxy) is 4. The zero-order valence-corrected chi connectivity index (χ0v) is 17.8. The molecule has 2 amide bonds. The van der Waals surface area contributed by atoms with E-state index in [4.69, 9.17) is 23.5 Å². The number of benzene rings is 1. The highest BCUT2D eigenvalue weighted by molar-refractivity contribution is 5.74. The number of nitrogens with one attached hydrogen (secondary N) is 1. The summed E-state index contributed by atoms with van der Waals surface area (Å²) in [6, 6.07) is 5.18. The van der Waals surface area contributed by atoms with Gasteiger partial charge in [-0.2, -0.15) is 0 Å². The minimum atomic E-state index is -0.186. The van der Waals surface area contributed by atoms with Crippen LogP contribution in [0.2, 0.25) is 0 Å². The van der Waals surface area contributed by atoms with Crippen molar-refractivity contribution in [3.05, 3.63) is 23.9 Å². The zero-order valence-electron chi connectivity index (χ0n) is 17.8. The van der Waals surface area contributed by atoms with Crippen molar-refractivity contribution in [2.45, 2.75) is 26.4 Å². The molecule has 160 valence electrons. The number of carbonyl (C=O) groups is 1. The molecule has 0 spiro atoms. The Hall–Kier alpha value is -2.94. The Morgan fingerprint density at radius 1 is 1.10 bits per heavy atom. The SMILES string of the molecule is COCCN(Cc1cc(-c2cc(OC)c(OC)c(OC)c2)on1)C(=O)NC(C)C. The second kappa shape index (κ2) is 10.6. The van der Waals surface area contributed by atoms with Gasteiger partial charge in [-0.05, 0) is 26.0 Å². The number of rotatable bonds is 10. The van der Waals surface area contributed by atoms with Crippen molar-refractivity contribution < 1.29 is 28.3 Å². The lowest BCUT2D eigenvalue weighted by atomic mass is 10.1. The Balaban J connectivity index is 2.25. The number of hydrogen-bond acceptors (Lipinski definition) is 7. The lowest BCUT2D eigenvalue weighted by Crippen LogP contribution is -2.43. The van der Waals surface area contributed by atoms with Gasteiger partial charge in [0.15, 0.2) is 17.3 Å². The van der Waals surface area contributed by atoms with E-state index in [1.54, 1.807) is 51.5 Å². The van der Waals surface area contributed by atoms with Crippen molar-refractivity contribution in [3.8, 4) is 28.6 Å².